The number of sulfonamides is 1. The Labute approximate surface area is 116 Å². The first kappa shape index (κ1) is 16.4. The van der Waals surface area contributed by atoms with Crippen LogP contribution in [0.1, 0.15) is 46.0 Å². The molecule has 1 rings (SSSR count). The lowest BCUT2D eigenvalue weighted by atomic mass is 9.94. The zero-order chi connectivity index (χ0) is 14.5. The maximum absolute atomic E-state index is 11.9. The van der Waals surface area contributed by atoms with Crippen molar-refractivity contribution in [1.29, 1.82) is 0 Å². The van der Waals surface area contributed by atoms with Crippen molar-refractivity contribution in [2.45, 2.75) is 52.0 Å². The van der Waals surface area contributed by atoms with Crippen LogP contribution < -0.4 is 4.72 Å². The minimum Gasteiger partial charge on any atom is -0.469 e. The smallest absolute Gasteiger partial charge is 0.305 e. The number of hydrogen-bond donors (Lipinski definition) is 1. The largest absolute Gasteiger partial charge is 0.469 e. The van der Waals surface area contributed by atoms with E-state index in [4.69, 9.17) is 0 Å². The van der Waals surface area contributed by atoms with Gasteiger partial charge in [0.05, 0.1) is 12.9 Å². The molecule has 1 aliphatic rings. The van der Waals surface area contributed by atoms with Gasteiger partial charge in [0, 0.05) is 12.5 Å². The Kier molecular flexibility index (Phi) is 6.26. The van der Waals surface area contributed by atoms with E-state index in [1.165, 1.54) is 7.11 Å². The second kappa shape index (κ2) is 7.24. The summed E-state index contributed by atoms with van der Waals surface area (Å²) in [4.78, 5) is 10.9. The van der Waals surface area contributed by atoms with Crippen LogP contribution in [-0.2, 0) is 19.6 Å². The lowest BCUT2D eigenvalue weighted by Gasteiger charge is -2.20. The summed E-state index contributed by atoms with van der Waals surface area (Å²) in [5.74, 6) is 0.626. The molecule has 5 nitrogen and oxygen atoms in total. The molecule has 1 aliphatic carbocycles. The van der Waals surface area contributed by atoms with Crippen LogP contribution in [0.5, 0.6) is 0 Å². The molecule has 0 aromatic rings. The van der Waals surface area contributed by atoms with E-state index >= 15 is 0 Å². The maximum atomic E-state index is 11.9. The van der Waals surface area contributed by atoms with Crippen LogP contribution in [0.2, 0.25) is 0 Å². The first-order valence-corrected chi connectivity index (χ1v) is 8.61. The lowest BCUT2D eigenvalue weighted by Crippen LogP contribution is -2.38. The molecule has 3 unspecified atom stereocenters. The number of esters is 1. The highest BCUT2D eigenvalue weighted by Crippen LogP contribution is 2.34. The van der Waals surface area contributed by atoms with Crippen molar-refractivity contribution in [2.75, 3.05) is 12.9 Å². The molecule has 1 N–H and O–H groups in total. The SMILES string of the molecule is CCC1CCC(NS(=O)(=O)CCCC(=O)OC)C1C. The van der Waals surface area contributed by atoms with E-state index in [0.29, 0.717) is 18.3 Å². The molecule has 112 valence electrons. The number of ether oxygens (including phenoxy) is 1. The minimum atomic E-state index is -3.29. The van der Waals surface area contributed by atoms with E-state index < -0.39 is 10.0 Å². The summed E-state index contributed by atoms with van der Waals surface area (Å²) in [5, 5.41) is 0. The van der Waals surface area contributed by atoms with Crippen LogP contribution in [0.3, 0.4) is 0 Å². The molecule has 0 radical (unpaired) electrons. The van der Waals surface area contributed by atoms with Gasteiger partial charge in [0.2, 0.25) is 10.0 Å². The molecule has 0 spiro atoms. The zero-order valence-electron chi connectivity index (χ0n) is 12.0. The lowest BCUT2D eigenvalue weighted by molar-refractivity contribution is -0.140. The molecule has 0 aliphatic heterocycles. The topological polar surface area (TPSA) is 72.5 Å². The van der Waals surface area contributed by atoms with Gasteiger partial charge in [-0.1, -0.05) is 20.3 Å². The highest BCUT2D eigenvalue weighted by Gasteiger charge is 2.33. The second-order valence-corrected chi connectivity index (χ2v) is 7.20. The Morgan fingerprint density at radius 2 is 2.05 bits per heavy atom. The molecule has 0 heterocycles. The van der Waals surface area contributed by atoms with Crippen LogP contribution in [0.4, 0.5) is 0 Å². The Bertz CT molecular complexity index is 393. The standard InChI is InChI=1S/C13H25NO4S/c1-4-11-7-8-12(10(11)2)14-19(16,17)9-5-6-13(15)18-3/h10-12,14H,4-9H2,1-3H3. The zero-order valence-corrected chi connectivity index (χ0v) is 12.8. The van der Waals surface area contributed by atoms with Gasteiger partial charge in [0.15, 0.2) is 0 Å². The van der Waals surface area contributed by atoms with Gasteiger partial charge in [-0.05, 0) is 31.1 Å². The molecule has 1 fully saturated rings. The van der Waals surface area contributed by atoms with Crippen molar-refractivity contribution in [2.24, 2.45) is 11.8 Å². The van der Waals surface area contributed by atoms with Gasteiger partial charge < -0.3 is 4.74 Å². The average Bonchev–Trinajstić information content (AvgIpc) is 2.69. The summed E-state index contributed by atoms with van der Waals surface area (Å²) in [6, 6.07) is 0.0491. The number of carbonyl (C=O) groups excluding carboxylic acids is 1. The van der Waals surface area contributed by atoms with E-state index in [1.54, 1.807) is 0 Å². The molecule has 6 heteroatoms. The predicted octanol–water partition coefficient (Wildman–Crippen LogP) is 1.68. The summed E-state index contributed by atoms with van der Waals surface area (Å²) in [7, 11) is -1.99. The fourth-order valence-corrected chi connectivity index (χ4v) is 4.22. The monoisotopic (exact) mass is 291 g/mol. The van der Waals surface area contributed by atoms with Crippen LogP contribution in [0.15, 0.2) is 0 Å². The predicted molar refractivity (Wildman–Crippen MR) is 74.1 cm³/mol. The minimum absolute atomic E-state index is 0.0118. The van der Waals surface area contributed by atoms with Gasteiger partial charge in [0.1, 0.15) is 0 Å². The molecule has 0 amide bonds. The van der Waals surface area contributed by atoms with Gasteiger partial charge in [-0.2, -0.15) is 0 Å². The van der Waals surface area contributed by atoms with Crippen molar-refractivity contribution < 1.29 is 17.9 Å². The Morgan fingerprint density at radius 1 is 1.37 bits per heavy atom. The van der Waals surface area contributed by atoms with Crippen molar-refractivity contribution in [3.63, 3.8) is 0 Å². The molecule has 0 aromatic carbocycles. The van der Waals surface area contributed by atoms with E-state index in [9.17, 15) is 13.2 Å². The van der Waals surface area contributed by atoms with Crippen molar-refractivity contribution >= 4 is 16.0 Å². The van der Waals surface area contributed by atoms with Crippen molar-refractivity contribution in [3.8, 4) is 0 Å². The molecule has 0 aromatic heterocycles. The number of nitrogens with one attached hydrogen (secondary N) is 1. The molecule has 19 heavy (non-hydrogen) atoms. The molecule has 0 saturated heterocycles. The van der Waals surface area contributed by atoms with E-state index in [1.807, 2.05) is 0 Å². The molecular formula is C13H25NO4S. The number of hydrogen-bond acceptors (Lipinski definition) is 4. The third kappa shape index (κ3) is 5.10. The van der Waals surface area contributed by atoms with Crippen LogP contribution in [0, 0.1) is 11.8 Å². The summed E-state index contributed by atoms with van der Waals surface area (Å²) >= 11 is 0. The van der Waals surface area contributed by atoms with Gasteiger partial charge >= 0.3 is 5.97 Å². The number of carbonyl (C=O) groups is 1. The Hall–Kier alpha value is -0.620. The second-order valence-electron chi connectivity index (χ2n) is 5.33. The Balaban J connectivity index is 2.40. The Morgan fingerprint density at radius 3 is 2.58 bits per heavy atom. The third-order valence-electron chi connectivity index (χ3n) is 4.10. The number of methoxy groups -OCH3 is 1. The quantitative estimate of drug-likeness (QED) is 0.724. The fourth-order valence-electron chi connectivity index (χ4n) is 2.79. The van der Waals surface area contributed by atoms with Crippen molar-refractivity contribution in [1.82, 2.24) is 4.72 Å². The van der Waals surface area contributed by atoms with E-state index in [-0.39, 0.29) is 24.2 Å². The molecular weight excluding hydrogens is 266 g/mol. The van der Waals surface area contributed by atoms with Gasteiger partial charge in [-0.25, -0.2) is 13.1 Å². The molecule has 1 saturated carbocycles. The maximum Gasteiger partial charge on any atom is 0.305 e. The van der Waals surface area contributed by atoms with E-state index in [0.717, 1.165) is 19.3 Å². The van der Waals surface area contributed by atoms with Crippen LogP contribution in [0.25, 0.3) is 0 Å². The van der Waals surface area contributed by atoms with Crippen LogP contribution in [-0.4, -0.2) is 33.3 Å². The highest BCUT2D eigenvalue weighted by atomic mass is 32.2. The van der Waals surface area contributed by atoms with Crippen LogP contribution >= 0.6 is 0 Å². The summed E-state index contributed by atoms with van der Waals surface area (Å²) in [6.07, 6.45) is 3.56. The first-order chi connectivity index (χ1) is 8.89. The first-order valence-electron chi connectivity index (χ1n) is 6.96. The fraction of sp³-hybridized carbons (Fsp3) is 0.923. The normalized spacial score (nSPS) is 27.4. The highest BCUT2D eigenvalue weighted by molar-refractivity contribution is 7.89. The average molecular weight is 291 g/mol. The summed E-state index contributed by atoms with van der Waals surface area (Å²) in [6.45, 7) is 4.26. The van der Waals surface area contributed by atoms with Gasteiger partial charge in [0.25, 0.3) is 0 Å². The van der Waals surface area contributed by atoms with Gasteiger partial charge in [-0.3, -0.25) is 4.79 Å². The van der Waals surface area contributed by atoms with Gasteiger partial charge in [-0.15, -0.1) is 0 Å². The van der Waals surface area contributed by atoms with Crippen molar-refractivity contribution in [3.05, 3.63) is 0 Å². The summed E-state index contributed by atoms with van der Waals surface area (Å²) < 4.78 is 31.1. The molecule has 0 bridgehead atoms. The molecule has 3 atom stereocenters. The van der Waals surface area contributed by atoms with E-state index in [2.05, 4.69) is 23.3 Å². The third-order valence-corrected chi connectivity index (χ3v) is 5.59. The number of rotatable bonds is 7. The summed E-state index contributed by atoms with van der Waals surface area (Å²) in [5.41, 5.74) is 0.